The van der Waals surface area contributed by atoms with Crippen molar-refractivity contribution in [2.45, 2.75) is 32.4 Å². The molecule has 0 saturated carbocycles. The summed E-state index contributed by atoms with van der Waals surface area (Å²) in [4.78, 5) is 36.3. The van der Waals surface area contributed by atoms with Crippen LogP contribution in [-0.2, 0) is 27.3 Å². The highest BCUT2D eigenvalue weighted by atomic mass is 16.6. The number of hydrogen-bond acceptors (Lipinski definition) is 6. The summed E-state index contributed by atoms with van der Waals surface area (Å²) in [5.74, 6) is -1.00. The molecule has 2 amide bonds. The zero-order valence-corrected chi connectivity index (χ0v) is 16.1. The minimum absolute atomic E-state index is 0.0159. The fourth-order valence-corrected chi connectivity index (χ4v) is 2.43. The van der Waals surface area contributed by atoms with Crippen LogP contribution in [-0.4, -0.2) is 35.8 Å². The molecule has 0 aromatic heterocycles. The second-order valence-corrected chi connectivity index (χ2v) is 6.23. The molecule has 0 aliphatic carbocycles. The van der Waals surface area contributed by atoms with Gasteiger partial charge in [-0.05, 0) is 23.6 Å². The van der Waals surface area contributed by atoms with Crippen LogP contribution in [0.2, 0.25) is 0 Å². The first-order valence-electron chi connectivity index (χ1n) is 9.23. The Morgan fingerprint density at radius 2 is 1.69 bits per heavy atom. The van der Waals surface area contributed by atoms with E-state index in [0.717, 1.165) is 5.56 Å². The Morgan fingerprint density at radius 1 is 1.00 bits per heavy atom. The smallest absolute Gasteiger partial charge is 0.414 e. The van der Waals surface area contributed by atoms with Gasteiger partial charge in [0.2, 0.25) is 0 Å². The summed E-state index contributed by atoms with van der Waals surface area (Å²) in [5.41, 5.74) is 1.19. The van der Waals surface area contributed by atoms with Crippen molar-refractivity contribution >= 4 is 18.2 Å². The van der Waals surface area contributed by atoms with Crippen LogP contribution >= 0.6 is 0 Å². The normalized spacial score (nSPS) is 11.2. The molecule has 154 valence electrons. The predicted octanol–water partition coefficient (Wildman–Crippen LogP) is 2.89. The Hall–Kier alpha value is -3.55. The molecule has 1 unspecified atom stereocenters. The molecule has 0 aliphatic heterocycles. The zero-order valence-electron chi connectivity index (χ0n) is 16.1. The summed E-state index contributed by atoms with van der Waals surface area (Å²) in [7, 11) is 0. The highest BCUT2D eigenvalue weighted by Crippen LogP contribution is 2.18. The summed E-state index contributed by atoms with van der Waals surface area (Å²) >= 11 is 0. The number of para-hydroxylation sites is 1. The minimum atomic E-state index is -1.22. The summed E-state index contributed by atoms with van der Waals surface area (Å²) in [6.07, 6.45) is -1.15. The molecular formula is C21H24N2O6. The van der Waals surface area contributed by atoms with E-state index in [-0.39, 0.29) is 18.8 Å². The van der Waals surface area contributed by atoms with E-state index < -0.39 is 24.2 Å². The molecule has 0 spiro atoms. The van der Waals surface area contributed by atoms with Gasteiger partial charge in [-0.25, -0.2) is 14.4 Å². The number of amides is 2. The van der Waals surface area contributed by atoms with Crippen molar-refractivity contribution in [3.05, 3.63) is 65.7 Å². The molecule has 2 aromatic carbocycles. The predicted molar refractivity (Wildman–Crippen MR) is 105 cm³/mol. The van der Waals surface area contributed by atoms with Crippen molar-refractivity contribution in [2.75, 3.05) is 6.54 Å². The van der Waals surface area contributed by atoms with E-state index in [1.807, 2.05) is 25.1 Å². The lowest BCUT2D eigenvalue weighted by atomic mass is 10.1. The maximum Gasteiger partial charge on any atom is 0.414 e. The van der Waals surface area contributed by atoms with Crippen LogP contribution in [0.4, 0.5) is 9.59 Å². The van der Waals surface area contributed by atoms with Crippen molar-refractivity contribution in [1.82, 2.24) is 10.6 Å². The van der Waals surface area contributed by atoms with Crippen LogP contribution in [0.15, 0.2) is 54.6 Å². The topological polar surface area (TPSA) is 114 Å². The van der Waals surface area contributed by atoms with E-state index in [4.69, 9.17) is 9.47 Å². The lowest BCUT2D eigenvalue weighted by Gasteiger charge is -2.17. The number of aromatic hydroxyl groups is 1. The van der Waals surface area contributed by atoms with Gasteiger partial charge in [-0.15, -0.1) is 0 Å². The highest BCUT2D eigenvalue weighted by Gasteiger charge is 2.26. The number of benzene rings is 2. The quantitative estimate of drug-likeness (QED) is 0.464. The molecule has 0 bridgehead atoms. The van der Waals surface area contributed by atoms with Crippen LogP contribution in [0.1, 0.15) is 24.5 Å². The lowest BCUT2D eigenvalue weighted by Crippen LogP contribution is -2.45. The van der Waals surface area contributed by atoms with Gasteiger partial charge in [0.15, 0.2) is 0 Å². The van der Waals surface area contributed by atoms with E-state index in [9.17, 15) is 19.5 Å². The van der Waals surface area contributed by atoms with Crippen LogP contribution in [0.5, 0.6) is 5.75 Å². The second-order valence-electron chi connectivity index (χ2n) is 6.23. The molecule has 0 aliphatic rings. The molecule has 29 heavy (non-hydrogen) atoms. The maximum absolute atomic E-state index is 12.4. The molecular weight excluding hydrogens is 376 g/mol. The molecule has 8 heteroatoms. The van der Waals surface area contributed by atoms with E-state index >= 15 is 0 Å². The summed E-state index contributed by atoms with van der Waals surface area (Å²) in [6.45, 7) is 2.22. The van der Waals surface area contributed by atoms with Crippen molar-refractivity contribution in [1.29, 1.82) is 0 Å². The standard InChI is InChI=1S/C21H24N2O6/c1-2-12-22-20(26)29-19(25)17(13-16-10-6-7-11-18(16)24)23-21(27)28-14-15-8-4-3-5-9-15/h3-11,17,24H,2,12-14H2,1H3,(H,22,26)(H,23,27). The van der Waals surface area contributed by atoms with Crippen LogP contribution in [0, 0.1) is 0 Å². The van der Waals surface area contributed by atoms with Gasteiger partial charge in [0.05, 0.1) is 0 Å². The minimum Gasteiger partial charge on any atom is -0.508 e. The average molecular weight is 400 g/mol. The average Bonchev–Trinajstić information content (AvgIpc) is 2.72. The fraction of sp³-hybridized carbons (Fsp3) is 0.286. The largest absolute Gasteiger partial charge is 0.508 e. The number of ether oxygens (including phenoxy) is 2. The molecule has 0 heterocycles. The zero-order chi connectivity index (χ0) is 21.1. The third-order valence-electron chi connectivity index (χ3n) is 3.92. The summed E-state index contributed by atoms with van der Waals surface area (Å²) in [5, 5.41) is 14.8. The molecule has 2 rings (SSSR count). The van der Waals surface area contributed by atoms with Crippen LogP contribution in [0.3, 0.4) is 0 Å². The van der Waals surface area contributed by atoms with E-state index in [0.29, 0.717) is 18.5 Å². The van der Waals surface area contributed by atoms with E-state index in [1.54, 1.807) is 30.3 Å². The molecule has 8 nitrogen and oxygen atoms in total. The number of esters is 1. The van der Waals surface area contributed by atoms with Crippen molar-refractivity contribution in [3.8, 4) is 5.75 Å². The second kappa shape index (κ2) is 11.3. The van der Waals surface area contributed by atoms with Crippen molar-refractivity contribution in [3.63, 3.8) is 0 Å². The first-order chi connectivity index (χ1) is 14.0. The van der Waals surface area contributed by atoms with Crippen LogP contribution in [0.25, 0.3) is 0 Å². The van der Waals surface area contributed by atoms with Gasteiger partial charge in [-0.1, -0.05) is 55.5 Å². The third-order valence-corrected chi connectivity index (χ3v) is 3.92. The molecule has 3 N–H and O–H groups in total. The Morgan fingerprint density at radius 3 is 2.38 bits per heavy atom. The molecule has 2 aromatic rings. The summed E-state index contributed by atoms with van der Waals surface area (Å²) in [6, 6.07) is 14.2. The van der Waals surface area contributed by atoms with Crippen molar-refractivity contribution < 1.29 is 29.0 Å². The van der Waals surface area contributed by atoms with Gasteiger partial charge in [-0.3, -0.25) is 0 Å². The van der Waals surface area contributed by atoms with Gasteiger partial charge >= 0.3 is 18.2 Å². The van der Waals surface area contributed by atoms with E-state index in [2.05, 4.69) is 10.6 Å². The van der Waals surface area contributed by atoms with Gasteiger partial charge in [0.1, 0.15) is 18.4 Å². The Labute approximate surface area is 168 Å². The number of alkyl carbamates (subject to hydrolysis) is 2. The number of hydrogen-bond donors (Lipinski definition) is 3. The number of carbonyl (C=O) groups is 3. The number of phenols is 1. The Balaban J connectivity index is 2.02. The van der Waals surface area contributed by atoms with Gasteiger partial charge in [0.25, 0.3) is 0 Å². The molecule has 0 saturated heterocycles. The van der Waals surface area contributed by atoms with Gasteiger partial charge in [0, 0.05) is 13.0 Å². The van der Waals surface area contributed by atoms with Gasteiger partial charge < -0.3 is 25.2 Å². The Bertz CT molecular complexity index is 825. The number of carbonyl (C=O) groups excluding carboxylic acids is 3. The number of rotatable bonds is 8. The summed E-state index contributed by atoms with van der Waals surface area (Å²) < 4.78 is 9.88. The lowest BCUT2D eigenvalue weighted by molar-refractivity contribution is -0.139. The number of phenolic OH excluding ortho intramolecular Hbond substituents is 1. The van der Waals surface area contributed by atoms with Gasteiger partial charge in [-0.2, -0.15) is 0 Å². The van der Waals surface area contributed by atoms with Crippen molar-refractivity contribution in [2.24, 2.45) is 0 Å². The van der Waals surface area contributed by atoms with Crippen LogP contribution < -0.4 is 10.6 Å². The molecule has 0 fully saturated rings. The third kappa shape index (κ3) is 7.53. The number of nitrogens with one attached hydrogen (secondary N) is 2. The Kier molecular flexibility index (Phi) is 8.50. The fourth-order valence-electron chi connectivity index (χ4n) is 2.43. The molecule has 0 radical (unpaired) electrons. The monoisotopic (exact) mass is 400 g/mol. The SMILES string of the molecule is CCCNC(=O)OC(=O)C(Cc1ccccc1O)NC(=O)OCc1ccccc1. The van der Waals surface area contributed by atoms with E-state index in [1.165, 1.54) is 6.07 Å². The highest BCUT2D eigenvalue weighted by molar-refractivity contribution is 5.90. The first kappa shape index (κ1) is 21.7. The maximum atomic E-state index is 12.4. The molecule has 1 atom stereocenters. The first-order valence-corrected chi connectivity index (χ1v) is 9.23.